The first-order chi connectivity index (χ1) is 10.6. The Balaban J connectivity index is 0.00000264. The lowest BCUT2D eigenvalue weighted by Crippen LogP contribution is -2.46. The van der Waals surface area contributed by atoms with Crippen LogP contribution in [0, 0.1) is 5.41 Å². The van der Waals surface area contributed by atoms with Crippen molar-refractivity contribution in [3.8, 4) is 0 Å². The first-order valence-corrected chi connectivity index (χ1v) is 8.56. The van der Waals surface area contributed by atoms with E-state index in [-0.39, 0.29) is 24.0 Å². The number of hydrogen-bond donors (Lipinski definition) is 2. The number of nitrogens with zero attached hydrogens (tertiary/aromatic N) is 2. The summed E-state index contributed by atoms with van der Waals surface area (Å²) in [7, 11) is 0. The van der Waals surface area contributed by atoms with Gasteiger partial charge in [0, 0.05) is 19.2 Å². The average molecular weight is 434 g/mol. The van der Waals surface area contributed by atoms with Gasteiger partial charge < -0.3 is 15.2 Å². The van der Waals surface area contributed by atoms with Gasteiger partial charge >= 0.3 is 0 Å². The molecule has 1 heterocycles. The molecule has 0 radical (unpaired) electrons. The summed E-state index contributed by atoms with van der Waals surface area (Å²) >= 11 is 0. The Kier molecular flexibility index (Phi) is 8.36. The average Bonchev–Trinajstić information content (AvgIpc) is 2.93. The Bertz CT molecular complexity index is 489. The number of aliphatic imine (C=N–C) groups is 1. The second-order valence-corrected chi connectivity index (χ2v) is 6.63. The second kappa shape index (κ2) is 9.49. The Morgan fingerprint density at radius 1 is 1.35 bits per heavy atom. The van der Waals surface area contributed by atoms with Crippen molar-refractivity contribution < 1.29 is 4.52 Å². The smallest absolute Gasteiger partial charge is 0.191 e. The zero-order valence-corrected chi connectivity index (χ0v) is 17.1. The Hall–Kier alpha value is -0.790. The lowest BCUT2D eigenvalue weighted by Gasteiger charge is -2.41. The molecule has 2 rings (SSSR count). The fraction of sp³-hybridized carbons (Fsp3) is 0.765. The third kappa shape index (κ3) is 5.65. The monoisotopic (exact) mass is 434 g/mol. The van der Waals surface area contributed by atoms with Crippen LogP contribution in [0.5, 0.6) is 0 Å². The maximum Gasteiger partial charge on any atom is 0.191 e. The minimum atomic E-state index is 0. The normalized spacial score (nSPS) is 16.7. The Morgan fingerprint density at radius 3 is 2.57 bits per heavy atom. The Morgan fingerprint density at radius 2 is 2.09 bits per heavy atom. The highest BCUT2D eigenvalue weighted by molar-refractivity contribution is 14.0. The maximum atomic E-state index is 5.34. The minimum absolute atomic E-state index is 0. The lowest BCUT2D eigenvalue weighted by molar-refractivity contribution is 0.131. The summed E-state index contributed by atoms with van der Waals surface area (Å²) in [5, 5.41) is 10.9. The lowest BCUT2D eigenvalue weighted by atomic mass is 9.67. The van der Waals surface area contributed by atoms with E-state index in [4.69, 9.17) is 4.52 Å². The summed E-state index contributed by atoms with van der Waals surface area (Å²) in [6, 6.07) is 2.00. The van der Waals surface area contributed by atoms with Gasteiger partial charge in [-0.15, -0.1) is 24.0 Å². The van der Waals surface area contributed by atoms with Crippen LogP contribution in [-0.4, -0.2) is 24.2 Å². The summed E-state index contributed by atoms with van der Waals surface area (Å²) < 4.78 is 5.34. The van der Waals surface area contributed by atoms with Crippen LogP contribution in [0.2, 0.25) is 0 Å². The third-order valence-electron chi connectivity index (χ3n) is 4.70. The molecule has 1 saturated carbocycles. The van der Waals surface area contributed by atoms with Crippen molar-refractivity contribution in [3.05, 3.63) is 17.5 Å². The predicted molar refractivity (Wildman–Crippen MR) is 105 cm³/mol. The van der Waals surface area contributed by atoms with Crippen LogP contribution >= 0.6 is 24.0 Å². The summed E-state index contributed by atoms with van der Waals surface area (Å²) in [4.78, 5) is 4.61. The molecule has 0 saturated heterocycles. The van der Waals surface area contributed by atoms with Gasteiger partial charge in [-0.25, -0.2) is 4.99 Å². The van der Waals surface area contributed by atoms with Crippen molar-refractivity contribution in [1.29, 1.82) is 0 Å². The maximum absolute atomic E-state index is 5.34. The van der Waals surface area contributed by atoms with Crippen molar-refractivity contribution >= 4 is 29.9 Å². The van der Waals surface area contributed by atoms with Gasteiger partial charge in [0.05, 0.1) is 5.69 Å². The number of aromatic nitrogens is 1. The molecule has 1 aromatic rings. The van der Waals surface area contributed by atoms with Gasteiger partial charge in [-0.2, -0.15) is 0 Å². The van der Waals surface area contributed by atoms with Gasteiger partial charge in [0.15, 0.2) is 11.7 Å². The van der Waals surface area contributed by atoms with E-state index in [0.717, 1.165) is 30.5 Å². The van der Waals surface area contributed by atoms with Gasteiger partial charge in [0.1, 0.15) is 6.54 Å². The topological polar surface area (TPSA) is 62.5 Å². The number of rotatable bonds is 7. The van der Waals surface area contributed by atoms with E-state index >= 15 is 0 Å². The minimum Gasteiger partial charge on any atom is -0.359 e. The molecule has 0 bridgehead atoms. The molecule has 1 aromatic heterocycles. The standard InChI is InChI=1S/C17H30N4O.HI/c1-5-17(8-7-9-17)12-20-16(18-6-2)19-11-14-10-15(13(3)4)21-22-14;/h10,13H,5-9,11-12H2,1-4H3,(H2,18,19,20);1H. The van der Waals surface area contributed by atoms with E-state index in [0.29, 0.717) is 17.9 Å². The number of guanidine groups is 1. The van der Waals surface area contributed by atoms with Gasteiger partial charge in [0.2, 0.25) is 0 Å². The molecule has 0 unspecified atom stereocenters. The summed E-state index contributed by atoms with van der Waals surface area (Å²) in [6.07, 6.45) is 5.25. The van der Waals surface area contributed by atoms with Crippen LogP contribution in [0.1, 0.15) is 70.8 Å². The molecule has 5 nitrogen and oxygen atoms in total. The fourth-order valence-corrected chi connectivity index (χ4v) is 2.78. The number of halogens is 1. The zero-order chi connectivity index (χ0) is 16.0. The van der Waals surface area contributed by atoms with Crippen LogP contribution in [0.25, 0.3) is 0 Å². The first kappa shape index (κ1) is 20.3. The van der Waals surface area contributed by atoms with E-state index in [9.17, 15) is 0 Å². The molecule has 1 fully saturated rings. The van der Waals surface area contributed by atoms with E-state index in [1.807, 2.05) is 6.07 Å². The van der Waals surface area contributed by atoms with Gasteiger partial charge in [-0.1, -0.05) is 32.3 Å². The second-order valence-electron chi connectivity index (χ2n) is 6.63. The van der Waals surface area contributed by atoms with Crippen molar-refractivity contribution in [2.75, 3.05) is 13.1 Å². The molecule has 0 atom stereocenters. The largest absolute Gasteiger partial charge is 0.359 e. The molecule has 23 heavy (non-hydrogen) atoms. The van der Waals surface area contributed by atoms with Crippen molar-refractivity contribution in [2.24, 2.45) is 10.4 Å². The number of nitrogens with one attached hydrogen (secondary N) is 2. The van der Waals surface area contributed by atoms with Crippen molar-refractivity contribution in [1.82, 2.24) is 15.8 Å². The molecular weight excluding hydrogens is 403 g/mol. The molecule has 0 aliphatic heterocycles. The predicted octanol–water partition coefficient (Wildman–Crippen LogP) is 4.05. The van der Waals surface area contributed by atoms with E-state index in [1.165, 1.54) is 25.7 Å². The molecule has 2 N–H and O–H groups in total. The molecule has 1 aliphatic carbocycles. The van der Waals surface area contributed by atoms with Gasteiger partial charge in [-0.3, -0.25) is 0 Å². The third-order valence-corrected chi connectivity index (χ3v) is 4.70. The molecule has 1 aliphatic rings. The number of hydrogen-bond acceptors (Lipinski definition) is 3. The van der Waals surface area contributed by atoms with Gasteiger partial charge in [-0.05, 0) is 37.5 Å². The molecule has 132 valence electrons. The molecule has 0 spiro atoms. The van der Waals surface area contributed by atoms with Gasteiger partial charge in [0.25, 0.3) is 0 Å². The van der Waals surface area contributed by atoms with E-state index in [1.54, 1.807) is 0 Å². The van der Waals surface area contributed by atoms with Crippen LogP contribution in [0.4, 0.5) is 0 Å². The summed E-state index contributed by atoms with van der Waals surface area (Å²) in [5.74, 6) is 2.07. The van der Waals surface area contributed by atoms with Crippen LogP contribution in [0.3, 0.4) is 0 Å². The molecule has 0 amide bonds. The highest BCUT2D eigenvalue weighted by Gasteiger charge is 2.34. The van der Waals surface area contributed by atoms with E-state index < -0.39 is 0 Å². The molecule has 6 heteroatoms. The van der Waals surface area contributed by atoms with Crippen LogP contribution in [0.15, 0.2) is 15.6 Å². The highest BCUT2D eigenvalue weighted by Crippen LogP contribution is 2.42. The van der Waals surface area contributed by atoms with E-state index in [2.05, 4.69) is 48.5 Å². The zero-order valence-electron chi connectivity index (χ0n) is 14.8. The summed E-state index contributed by atoms with van der Waals surface area (Å²) in [6.45, 7) is 11.0. The van der Waals surface area contributed by atoms with Crippen LogP contribution < -0.4 is 10.6 Å². The van der Waals surface area contributed by atoms with Crippen molar-refractivity contribution in [3.63, 3.8) is 0 Å². The first-order valence-electron chi connectivity index (χ1n) is 8.56. The molecule has 0 aromatic carbocycles. The summed E-state index contributed by atoms with van der Waals surface area (Å²) in [5.41, 5.74) is 1.47. The van der Waals surface area contributed by atoms with Crippen molar-refractivity contribution in [2.45, 2.75) is 65.8 Å². The highest BCUT2D eigenvalue weighted by atomic mass is 127. The SMILES string of the molecule is CCNC(=NCc1cc(C(C)C)no1)NCC1(CC)CCC1.I. The van der Waals surface area contributed by atoms with Crippen LogP contribution in [-0.2, 0) is 6.54 Å². The Labute approximate surface area is 157 Å². The quantitative estimate of drug-likeness (QED) is 0.386. The fourth-order valence-electron chi connectivity index (χ4n) is 2.78. The molecular formula is C17H31IN4O.